The number of rotatable bonds is 7. The quantitative estimate of drug-likeness (QED) is 0.534. The molecule has 3 aromatic heterocycles. The third-order valence-electron chi connectivity index (χ3n) is 4.01. The minimum Gasteiger partial charge on any atom is -0.487 e. The van der Waals surface area contributed by atoms with E-state index in [1.807, 2.05) is 34.2 Å². The predicted molar refractivity (Wildman–Crippen MR) is 102 cm³/mol. The molecule has 0 saturated heterocycles. The Kier molecular flexibility index (Phi) is 5.06. The fourth-order valence-electron chi connectivity index (χ4n) is 2.62. The lowest BCUT2D eigenvalue weighted by Crippen LogP contribution is -2.26. The normalized spacial score (nSPS) is 10.8. The maximum atomic E-state index is 12.3. The van der Waals surface area contributed by atoms with E-state index < -0.39 is 0 Å². The molecule has 27 heavy (non-hydrogen) atoms. The second-order valence-electron chi connectivity index (χ2n) is 5.84. The van der Waals surface area contributed by atoms with E-state index in [4.69, 9.17) is 4.74 Å². The number of aromatic nitrogens is 4. The summed E-state index contributed by atoms with van der Waals surface area (Å²) in [6, 6.07) is 12.8. The van der Waals surface area contributed by atoms with Crippen molar-refractivity contribution in [2.75, 3.05) is 6.54 Å². The molecular formula is C19H17N5O2S. The van der Waals surface area contributed by atoms with E-state index in [1.54, 1.807) is 29.8 Å². The molecule has 136 valence electrons. The molecule has 0 aliphatic rings. The zero-order chi connectivity index (χ0) is 18.5. The number of carbonyl (C=O) groups is 1. The van der Waals surface area contributed by atoms with Gasteiger partial charge in [0.1, 0.15) is 18.2 Å². The van der Waals surface area contributed by atoms with Crippen LogP contribution in [0.4, 0.5) is 0 Å². The molecule has 7 nitrogen and oxygen atoms in total. The van der Waals surface area contributed by atoms with Crippen LogP contribution in [0.2, 0.25) is 0 Å². The molecule has 1 amide bonds. The van der Waals surface area contributed by atoms with E-state index in [1.165, 1.54) is 11.3 Å². The molecule has 0 spiro atoms. The fourth-order valence-corrected chi connectivity index (χ4v) is 3.16. The first-order chi connectivity index (χ1) is 13.3. The Morgan fingerprint density at radius 3 is 2.85 bits per heavy atom. The third-order valence-corrected chi connectivity index (χ3v) is 4.64. The summed E-state index contributed by atoms with van der Waals surface area (Å²) in [5, 5.41) is 13.1. The van der Waals surface area contributed by atoms with Crippen molar-refractivity contribution in [1.29, 1.82) is 0 Å². The first-order valence-corrected chi connectivity index (χ1v) is 9.40. The average molecular weight is 379 g/mol. The third kappa shape index (κ3) is 4.12. The Morgan fingerprint density at radius 2 is 2.04 bits per heavy atom. The van der Waals surface area contributed by atoms with Gasteiger partial charge in [-0.1, -0.05) is 6.07 Å². The van der Waals surface area contributed by atoms with Crippen LogP contribution in [0.1, 0.15) is 21.9 Å². The van der Waals surface area contributed by atoms with Gasteiger partial charge >= 0.3 is 0 Å². The van der Waals surface area contributed by atoms with Crippen LogP contribution in [0, 0.1) is 0 Å². The highest BCUT2D eigenvalue weighted by Crippen LogP contribution is 2.14. The van der Waals surface area contributed by atoms with Gasteiger partial charge in [-0.25, -0.2) is 4.98 Å². The van der Waals surface area contributed by atoms with Crippen LogP contribution in [0.3, 0.4) is 0 Å². The SMILES string of the molecule is O=C(NCCc1nnc2ccccn12)c1ccc(OCc2cscn2)cc1. The fraction of sp³-hybridized carbons (Fsp3) is 0.158. The summed E-state index contributed by atoms with van der Waals surface area (Å²) in [5.74, 6) is 1.39. The predicted octanol–water partition coefficient (Wildman–Crippen LogP) is 2.74. The first-order valence-electron chi connectivity index (χ1n) is 8.46. The molecule has 0 unspecified atom stereocenters. The van der Waals surface area contributed by atoms with Crippen LogP contribution in [0.15, 0.2) is 59.6 Å². The molecule has 0 bridgehead atoms. The zero-order valence-corrected chi connectivity index (χ0v) is 15.2. The van der Waals surface area contributed by atoms with Gasteiger partial charge in [0, 0.05) is 30.1 Å². The lowest BCUT2D eigenvalue weighted by Gasteiger charge is -2.07. The van der Waals surface area contributed by atoms with Crippen molar-refractivity contribution in [2.24, 2.45) is 0 Å². The number of hydrogen-bond acceptors (Lipinski definition) is 6. The highest BCUT2D eigenvalue weighted by atomic mass is 32.1. The smallest absolute Gasteiger partial charge is 0.251 e. The molecule has 0 atom stereocenters. The molecule has 0 fully saturated rings. The Hall–Kier alpha value is -3.26. The minimum absolute atomic E-state index is 0.130. The second kappa shape index (κ2) is 7.96. The Labute approximate surface area is 159 Å². The van der Waals surface area contributed by atoms with Gasteiger partial charge in [0.15, 0.2) is 5.65 Å². The number of pyridine rings is 1. The van der Waals surface area contributed by atoms with Gasteiger partial charge in [0.05, 0.1) is 11.2 Å². The summed E-state index contributed by atoms with van der Waals surface area (Å²) in [6.45, 7) is 0.901. The molecule has 1 N–H and O–H groups in total. The maximum absolute atomic E-state index is 12.3. The molecule has 3 heterocycles. The van der Waals surface area contributed by atoms with Crippen LogP contribution in [0.5, 0.6) is 5.75 Å². The van der Waals surface area contributed by atoms with Gasteiger partial charge in [-0.3, -0.25) is 9.20 Å². The zero-order valence-electron chi connectivity index (χ0n) is 14.4. The van der Waals surface area contributed by atoms with Gasteiger partial charge in [0.2, 0.25) is 0 Å². The average Bonchev–Trinajstić information content (AvgIpc) is 3.37. The van der Waals surface area contributed by atoms with E-state index >= 15 is 0 Å². The summed E-state index contributed by atoms with van der Waals surface area (Å²) < 4.78 is 7.57. The highest BCUT2D eigenvalue weighted by molar-refractivity contribution is 7.07. The van der Waals surface area contributed by atoms with E-state index in [0.29, 0.717) is 30.9 Å². The van der Waals surface area contributed by atoms with Crippen molar-refractivity contribution in [3.63, 3.8) is 0 Å². The van der Waals surface area contributed by atoms with Crippen LogP contribution < -0.4 is 10.1 Å². The molecule has 4 aromatic rings. The number of hydrogen-bond donors (Lipinski definition) is 1. The van der Waals surface area contributed by atoms with E-state index in [2.05, 4.69) is 20.5 Å². The van der Waals surface area contributed by atoms with Gasteiger partial charge in [-0.15, -0.1) is 21.5 Å². The van der Waals surface area contributed by atoms with E-state index in [0.717, 1.165) is 17.2 Å². The molecule has 8 heteroatoms. The van der Waals surface area contributed by atoms with E-state index in [9.17, 15) is 4.79 Å². The lowest BCUT2D eigenvalue weighted by molar-refractivity contribution is 0.0954. The molecule has 0 saturated carbocycles. The van der Waals surface area contributed by atoms with Crippen molar-refractivity contribution >= 4 is 22.9 Å². The van der Waals surface area contributed by atoms with Gasteiger partial charge in [0.25, 0.3) is 5.91 Å². The van der Waals surface area contributed by atoms with Crippen LogP contribution in [0.25, 0.3) is 5.65 Å². The minimum atomic E-state index is -0.130. The first kappa shape index (κ1) is 17.2. The van der Waals surface area contributed by atoms with Gasteiger partial charge in [-0.05, 0) is 36.4 Å². The second-order valence-corrected chi connectivity index (χ2v) is 6.56. The number of nitrogens with zero attached hydrogens (tertiary/aromatic N) is 4. The molecule has 0 aliphatic carbocycles. The van der Waals surface area contributed by atoms with Gasteiger partial charge in [-0.2, -0.15) is 0 Å². The number of amides is 1. The van der Waals surface area contributed by atoms with Crippen molar-refractivity contribution in [3.8, 4) is 5.75 Å². The maximum Gasteiger partial charge on any atom is 0.251 e. The van der Waals surface area contributed by atoms with Crippen LogP contribution in [-0.2, 0) is 13.0 Å². The van der Waals surface area contributed by atoms with Crippen molar-refractivity contribution in [1.82, 2.24) is 24.9 Å². The number of carbonyl (C=O) groups excluding carboxylic acids is 1. The number of nitrogens with one attached hydrogen (secondary N) is 1. The molecular weight excluding hydrogens is 362 g/mol. The molecule has 0 radical (unpaired) electrons. The highest BCUT2D eigenvalue weighted by Gasteiger charge is 2.08. The van der Waals surface area contributed by atoms with Crippen molar-refractivity contribution in [2.45, 2.75) is 13.0 Å². The standard InChI is InChI=1S/C19H17N5O2S/c25-19(20-9-8-18-23-22-17-3-1-2-10-24(17)18)14-4-6-16(7-5-14)26-11-15-12-27-13-21-15/h1-7,10,12-13H,8-9,11H2,(H,20,25). The number of benzene rings is 1. The van der Waals surface area contributed by atoms with Gasteiger partial charge < -0.3 is 10.1 Å². The van der Waals surface area contributed by atoms with Crippen LogP contribution in [-0.4, -0.2) is 32.0 Å². The summed E-state index contributed by atoms with van der Waals surface area (Å²) in [5.41, 5.74) is 4.05. The largest absolute Gasteiger partial charge is 0.487 e. The summed E-state index contributed by atoms with van der Waals surface area (Å²) in [6.07, 6.45) is 2.52. The Bertz CT molecular complexity index is 1030. The Balaban J connectivity index is 1.29. The molecule has 1 aromatic carbocycles. The van der Waals surface area contributed by atoms with E-state index in [-0.39, 0.29) is 5.91 Å². The summed E-state index contributed by atoms with van der Waals surface area (Å²) in [4.78, 5) is 16.5. The van der Waals surface area contributed by atoms with Crippen molar-refractivity contribution < 1.29 is 9.53 Å². The summed E-state index contributed by atoms with van der Waals surface area (Å²) in [7, 11) is 0. The lowest BCUT2D eigenvalue weighted by atomic mass is 10.2. The molecule has 0 aliphatic heterocycles. The topological polar surface area (TPSA) is 81.4 Å². The van der Waals surface area contributed by atoms with Crippen LogP contribution >= 0.6 is 11.3 Å². The monoisotopic (exact) mass is 379 g/mol. The van der Waals surface area contributed by atoms with Crippen molar-refractivity contribution in [3.05, 3.63) is 76.6 Å². The molecule has 4 rings (SSSR count). The Morgan fingerprint density at radius 1 is 1.15 bits per heavy atom. The number of thiazole rings is 1. The number of fused-ring (bicyclic) bond motifs is 1. The number of ether oxygens (including phenoxy) is 1. The summed E-state index contributed by atoms with van der Waals surface area (Å²) >= 11 is 1.53.